The number of likely N-dealkylation sites (N-methyl/N-ethyl adjacent to an activating group) is 1. The summed E-state index contributed by atoms with van der Waals surface area (Å²) < 4.78 is 40.8. The quantitative estimate of drug-likeness (QED) is 0.117. The van der Waals surface area contributed by atoms with Crippen molar-refractivity contribution in [2.75, 3.05) is 60.0 Å². The van der Waals surface area contributed by atoms with Crippen molar-refractivity contribution in [1.29, 1.82) is 0 Å². The Morgan fingerprint density at radius 2 is 1.79 bits per heavy atom. The lowest BCUT2D eigenvalue weighted by Crippen LogP contribution is -2.62. The zero-order chi connectivity index (χ0) is 51.6. The van der Waals surface area contributed by atoms with Crippen LogP contribution in [0, 0.1) is 17.3 Å². The first kappa shape index (κ1) is 52.3. The Balaban J connectivity index is 1.09. The van der Waals surface area contributed by atoms with Gasteiger partial charge in [-0.25, -0.2) is 14.2 Å². The molecule has 3 fully saturated rings. The highest BCUT2D eigenvalue weighted by Crippen LogP contribution is 2.42. The summed E-state index contributed by atoms with van der Waals surface area (Å²) in [6.07, 6.45) is 6.67. The van der Waals surface area contributed by atoms with Crippen LogP contribution in [-0.2, 0) is 52.8 Å². The standard InChI is InChI=1S/C55H70F2N8O7/c1-9-64-45-20-19-38-28-41(45)42(49(64)40-16-11-22-58-47(40)35(4)71-8)29-54(5,6)33-72-53(70)43-17-12-24-65(60-43)52(69)44(27-36-14-10-15-37(38)26-36)59-50(67)48(34(2)3)61(7)51(68)39-21-25-62(30-39)23-13-18-46(66)63-31-55(56,57)32-63/h10-11,13-16,18-20,22,26,28,34-35,39,43-44,48,60H,9,12,17,21,23-25,27,29-33H2,1-8H3,(H,59,67)/b18-13+/t35-,39-,43-,44-,48-/m0/s1. The molecule has 72 heavy (non-hydrogen) atoms. The van der Waals surface area contributed by atoms with Gasteiger partial charge in [0.25, 0.3) is 11.8 Å². The number of alkyl halides is 2. The van der Waals surface area contributed by atoms with Gasteiger partial charge in [-0.2, -0.15) is 0 Å². The summed E-state index contributed by atoms with van der Waals surface area (Å²) in [5, 5.41) is 5.56. The summed E-state index contributed by atoms with van der Waals surface area (Å²) >= 11 is 0. The molecule has 4 aliphatic heterocycles. The van der Waals surface area contributed by atoms with Crippen LogP contribution in [0.3, 0.4) is 0 Å². The van der Waals surface area contributed by atoms with E-state index >= 15 is 0 Å². The van der Waals surface area contributed by atoms with Crippen LogP contribution in [0.15, 0.2) is 72.9 Å². The molecule has 0 saturated carbocycles. The van der Waals surface area contributed by atoms with Gasteiger partial charge in [-0.1, -0.05) is 64.1 Å². The predicted octanol–water partition coefficient (Wildman–Crippen LogP) is 6.58. The highest BCUT2D eigenvalue weighted by molar-refractivity contribution is 5.96. The van der Waals surface area contributed by atoms with E-state index in [1.54, 1.807) is 26.4 Å². The highest BCUT2D eigenvalue weighted by atomic mass is 19.3. The van der Waals surface area contributed by atoms with Crippen LogP contribution in [0.25, 0.3) is 33.3 Å². The fraction of sp³-hybridized carbons (Fsp3) is 0.527. The van der Waals surface area contributed by atoms with Gasteiger partial charge in [0, 0.05) is 80.9 Å². The van der Waals surface area contributed by atoms with E-state index in [-0.39, 0.29) is 31.0 Å². The molecule has 17 heteroatoms. The smallest absolute Gasteiger partial charge is 0.324 e. The topological polar surface area (TPSA) is 159 Å². The number of nitrogens with zero attached hydrogens (tertiary/aromatic N) is 6. The van der Waals surface area contributed by atoms with E-state index in [0.29, 0.717) is 58.4 Å². The van der Waals surface area contributed by atoms with E-state index in [1.165, 1.54) is 16.0 Å². The number of carbonyl (C=O) groups excluding carboxylic acids is 5. The number of benzene rings is 2. The summed E-state index contributed by atoms with van der Waals surface area (Å²) in [7, 11) is 3.30. The maximum atomic E-state index is 14.8. The van der Waals surface area contributed by atoms with Gasteiger partial charge in [-0.15, -0.1) is 0 Å². The molecule has 0 spiro atoms. The number of hydrogen-bond acceptors (Lipinski definition) is 10. The maximum Gasteiger partial charge on any atom is 0.324 e. The van der Waals surface area contributed by atoms with Crippen LogP contribution < -0.4 is 10.7 Å². The van der Waals surface area contributed by atoms with Crippen molar-refractivity contribution < 1.29 is 42.2 Å². The van der Waals surface area contributed by atoms with E-state index in [9.17, 15) is 32.8 Å². The van der Waals surface area contributed by atoms with Gasteiger partial charge < -0.3 is 29.2 Å². The number of nitrogens with one attached hydrogen (secondary N) is 2. The Morgan fingerprint density at radius 1 is 1.03 bits per heavy atom. The summed E-state index contributed by atoms with van der Waals surface area (Å²) in [6, 6.07) is 15.7. The minimum absolute atomic E-state index is 0.120. The number of carbonyl (C=O) groups is 5. The van der Waals surface area contributed by atoms with Crippen molar-refractivity contribution in [2.45, 2.75) is 110 Å². The molecule has 2 aromatic carbocycles. The second-order valence-electron chi connectivity index (χ2n) is 21.2. The normalized spacial score (nSPS) is 22.3. The number of hydrogen-bond donors (Lipinski definition) is 2. The van der Waals surface area contributed by atoms with E-state index in [2.05, 4.69) is 66.4 Å². The third kappa shape index (κ3) is 11.3. The summed E-state index contributed by atoms with van der Waals surface area (Å²) in [4.78, 5) is 79.2. The van der Waals surface area contributed by atoms with Gasteiger partial charge in [0.1, 0.15) is 18.1 Å². The number of hydrazine groups is 1. The van der Waals surface area contributed by atoms with Crippen molar-refractivity contribution >= 4 is 40.5 Å². The number of rotatable bonds is 12. The van der Waals surface area contributed by atoms with E-state index in [4.69, 9.17) is 14.5 Å². The maximum absolute atomic E-state index is 14.8. The second-order valence-corrected chi connectivity index (χ2v) is 21.2. The van der Waals surface area contributed by atoms with Crippen LogP contribution in [-0.4, -0.2) is 143 Å². The van der Waals surface area contributed by atoms with Crippen molar-refractivity contribution in [3.8, 4) is 22.4 Å². The third-order valence-corrected chi connectivity index (χ3v) is 14.7. The van der Waals surface area contributed by atoms with Gasteiger partial charge in [0.2, 0.25) is 17.7 Å². The molecule has 386 valence electrons. The van der Waals surface area contributed by atoms with Gasteiger partial charge >= 0.3 is 5.97 Å². The molecule has 4 amide bonds. The number of halogens is 2. The third-order valence-electron chi connectivity index (χ3n) is 14.7. The van der Waals surface area contributed by atoms with Crippen LogP contribution in [0.1, 0.15) is 83.7 Å². The molecule has 0 aliphatic carbocycles. The number of fused-ring (bicyclic) bond motifs is 6. The fourth-order valence-electron chi connectivity index (χ4n) is 10.9. The molecule has 5 atom stereocenters. The summed E-state index contributed by atoms with van der Waals surface area (Å²) in [6.45, 7) is 13.3. The Bertz CT molecular complexity index is 2710. The lowest BCUT2D eigenvalue weighted by molar-refractivity contribution is -0.160. The molecule has 8 rings (SSSR count). The van der Waals surface area contributed by atoms with Gasteiger partial charge in [-0.3, -0.25) is 38.9 Å². The number of aryl methyl sites for hydroxylation is 1. The predicted molar refractivity (Wildman–Crippen MR) is 270 cm³/mol. The van der Waals surface area contributed by atoms with Gasteiger partial charge in [0.15, 0.2) is 0 Å². The van der Waals surface area contributed by atoms with E-state index in [0.717, 1.165) is 55.0 Å². The van der Waals surface area contributed by atoms with Crippen LogP contribution >= 0.6 is 0 Å². The lowest BCUT2D eigenvalue weighted by Gasteiger charge is -2.37. The van der Waals surface area contributed by atoms with E-state index in [1.807, 2.05) is 49.9 Å². The molecule has 4 aliphatic rings. The molecule has 2 N–H and O–H groups in total. The second kappa shape index (κ2) is 21.6. The fourth-order valence-corrected chi connectivity index (χ4v) is 10.9. The molecular weight excluding hydrogens is 923 g/mol. The Labute approximate surface area is 421 Å². The molecule has 0 radical (unpaired) electrons. The Kier molecular flexibility index (Phi) is 15.7. The first-order valence-electron chi connectivity index (χ1n) is 25.4. The van der Waals surface area contributed by atoms with Crippen molar-refractivity contribution in [3.63, 3.8) is 0 Å². The number of cyclic esters (lactones) is 1. The summed E-state index contributed by atoms with van der Waals surface area (Å²) in [5.41, 5.74) is 10.3. The largest absolute Gasteiger partial charge is 0.464 e. The number of pyridine rings is 1. The highest BCUT2D eigenvalue weighted by Gasteiger charge is 2.46. The van der Waals surface area contributed by atoms with Crippen molar-refractivity contribution in [2.24, 2.45) is 17.3 Å². The lowest BCUT2D eigenvalue weighted by atomic mass is 9.84. The molecule has 0 unspecified atom stereocenters. The molecule has 6 bridgehead atoms. The average Bonchev–Trinajstić information content (AvgIpc) is 3.95. The average molecular weight is 993 g/mol. The van der Waals surface area contributed by atoms with Crippen LogP contribution in [0.2, 0.25) is 0 Å². The molecule has 4 aromatic rings. The van der Waals surface area contributed by atoms with Crippen LogP contribution in [0.5, 0.6) is 0 Å². The van der Waals surface area contributed by atoms with Crippen LogP contribution in [0.4, 0.5) is 8.78 Å². The molecule has 3 saturated heterocycles. The number of ether oxygens (including phenoxy) is 2. The molecule has 6 heterocycles. The number of likely N-dealkylation sites (tertiary alicyclic amines) is 2. The van der Waals surface area contributed by atoms with Gasteiger partial charge in [0.05, 0.1) is 43.1 Å². The monoisotopic (exact) mass is 993 g/mol. The zero-order valence-corrected chi connectivity index (χ0v) is 42.9. The van der Waals surface area contributed by atoms with E-state index < -0.39 is 72.2 Å². The minimum atomic E-state index is -2.84. The molecule has 2 aromatic heterocycles. The molecular formula is C55H70F2N8O7. The first-order chi connectivity index (χ1) is 34.3. The number of esters is 1. The molecule has 15 nitrogen and oxygen atoms in total. The zero-order valence-electron chi connectivity index (χ0n) is 42.9. The first-order valence-corrected chi connectivity index (χ1v) is 25.4. The summed E-state index contributed by atoms with van der Waals surface area (Å²) in [5.74, 6) is -5.64. The van der Waals surface area contributed by atoms with Gasteiger partial charge in [-0.05, 0) is 98.5 Å². The number of aromatic nitrogens is 2. The Hall–Kier alpha value is -6.04. The number of methoxy groups -OCH3 is 1. The van der Waals surface area contributed by atoms with Crippen molar-refractivity contribution in [1.82, 2.24) is 40.0 Å². The number of amides is 4. The Morgan fingerprint density at radius 3 is 2.51 bits per heavy atom. The SMILES string of the molecule is CCn1c(-c2cccnc2[C@H](C)OC)c2c3cc(ccc31)-c1cccc(c1)C[C@H](NC(=O)[C@H](C(C)C)N(C)C(=O)[C@H]1CCN(C/C=C/C(=O)N3CC(F)(F)C3)C1)C(=O)N1CCC[C@H](N1)C(=O)OCC(C)(C)C2. The van der Waals surface area contributed by atoms with Crippen molar-refractivity contribution in [3.05, 3.63) is 89.8 Å². The minimum Gasteiger partial charge on any atom is -0.464 e.